The Kier molecular flexibility index (Phi) is 5.47. The number of rotatable bonds is 5. The summed E-state index contributed by atoms with van der Waals surface area (Å²) in [6, 6.07) is 9.82. The van der Waals surface area contributed by atoms with Gasteiger partial charge in [0.25, 0.3) is 15.9 Å². The summed E-state index contributed by atoms with van der Waals surface area (Å²) < 4.78 is 32.2. The van der Waals surface area contributed by atoms with Crippen LogP contribution in [0.4, 0.5) is 0 Å². The SMILES string of the molecule is O=C(COc1ccc(I)cc1)NS(=O)(=O)c1ccc(Cl)s1. The van der Waals surface area contributed by atoms with E-state index in [9.17, 15) is 13.2 Å². The largest absolute Gasteiger partial charge is 0.484 e. The number of benzene rings is 1. The highest BCUT2D eigenvalue weighted by molar-refractivity contribution is 14.1. The van der Waals surface area contributed by atoms with E-state index in [-0.39, 0.29) is 10.8 Å². The van der Waals surface area contributed by atoms with Crippen LogP contribution < -0.4 is 9.46 Å². The molecule has 21 heavy (non-hydrogen) atoms. The van der Waals surface area contributed by atoms with Crippen LogP contribution in [0.15, 0.2) is 40.6 Å². The fraction of sp³-hybridized carbons (Fsp3) is 0.0833. The Bertz CT molecular complexity index is 743. The van der Waals surface area contributed by atoms with Crippen LogP contribution in [-0.2, 0) is 14.8 Å². The maximum atomic E-state index is 11.9. The predicted molar refractivity (Wildman–Crippen MR) is 89.3 cm³/mol. The van der Waals surface area contributed by atoms with Crippen molar-refractivity contribution in [3.05, 3.63) is 44.3 Å². The molecule has 1 amide bonds. The lowest BCUT2D eigenvalue weighted by Gasteiger charge is -2.07. The minimum Gasteiger partial charge on any atom is -0.484 e. The van der Waals surface area contributed by atoms with Gasteiger partial charge in [0.2, 0.25) is 0 Å². The number of carbonyl (C=O) groups is 1. The summed E-state index contributed by atoms with van der Waals surface area (Å²) in [7, 11) is -3.90. The first-order valence-electron chi connectivity index (χ1n) is 5.56. The quantitative estimate of drug-likeness (QED) is 0.701. The van der Waals surface area contributed by atoms with E-state index in [1.807, 2.05) is 16.9 Å². The molecule has 1 aromatic heterocycles. The van der Waals surface area contributed by atoms with Crippen LogP contribution in [0.2, 0.25) is 4.34 Å². The summed E-state index contributed by atoms with van der Waals surface area (Å²) >= 11 is 8.69. The third kappa shape index (κ3) is 4.83. The van der Waals surface area contributed by atoms with Gasteiger partial charge < -0.3 is 4.74 Å². The first-order valence-corrected chi connectivity index (χ1v) is 9.32. The highest BCUT2D eigenvalue weighted by atomic mass is 127. The van der Waals surface area contributed by atoms with Crippen LogP contribution in [0.3, 0.4) is 0 Å². The van der Waals surface area contributed by atoms with Gasteiger partial charge in [0, 0.05) is 3.57 Å². The van der Waals surface area contributed by atoms with Crippen LogP contribution in [0.1, 0.15) is 0 Å². The third-order valence-corrected chi connectivity index (χ3v) is 6.06. The predicted octanol–water partition coefficient (Wildman–Crippen LogP) is 2.89. The molecule has 0 aliphatic carbocycles. The van der Waals surface area contributed by atoms with Gasteiger partial charge in [-0.2, -0.15) is 0 Å². The Morgan fingerprint density at radius 2 is 1.90 bits per heavy atom. The Morgan fingerprint density at radius 1 is 1.24 bits per heavy atom. The highest BCUT2D eigenvalue weighted by Crippen LogP contribution is 2.25. The number of ether oxygens (including phenoxy) is 1. The highest BCUT2D eigenvalue weighted by Gasteiger charge is 2.19. The monoisotopic (exact) mass is 457 g/mol. The first-order chi connectivity index (χ1) is 9.87. The molecule has 112 valence electrons. The third-order valence-electron chi connectivity index (χ3n) is 2.25. The molecule has 0 aliphatic rings. The van der Waals surface area contributed by atoms with E-state index >= 15 is 0 Å². The van der Waals surface area contributed by atoms with Crippen molar-refractivity contribution in [2.24, 2.45) is 0 Å². The number of hydrogen-bond donors (Lipinski definition) is 1. The molecule has 0 saturated heterocycles. The van der Waals surface area contributed by atoms with E-state index in [2.05, 4.69) is 22.6 Å². The molecule has 0 fully saturated rings. The van der Waals surface area contributed by atoms with Gasteiger partial charge in [-0.1, -0.05) is 11.6 Å². The molecule has 0 spiro atoms. The molecule has 1 aromatic carbocycles. The van der Waals surface area contributed by atoms with Crippen LogP contribution in [0, 0.1) is 3.57 Å². The lowest BCUT2D eigenvalue weighted by Crippen LogP contribution is -2.34. The summed E-state index contributed by atoms with van der Waals surface area (Å²) in [5.41, 5.74) is 0. The van der Waals surface area contributed by atoms with Crippen LogP contribution in [0.5, 0.6) is 5.75 Å². The van der Waals surface area contributed by atoms with Gasteiger partial charge in [0.05, 0.1) is 4.34 Å². The number of thiophene rings is 1. The summed E-state index contributed by atoms with van der Waals surface area (Å²) in [5, 5.41) is 0. The molecule has 0 saturated carbocycles. The number of halogens is 2. The topological polar surface area (TPSA) is 72.5 Å². The molecule has 0 radical (unpaired) electrons. The van der Waals surface area contributed by atoms with Crippen molar-refractivity contribution >= 4 is 61.5 Å². The number of hydrogen-bond acceptors (Lipinski definition) is 5. The smallest absolute Gasteiger partial charge is 0.273 e. The van der Waals surface area contributed by atoms with E-state index in [0.717, 1.165) is 14.9 Å². The zero-order valence-corrected chi connectivity index (χ0v) is 14.9. The Labute approximate surface area is 144 Å². The van der Waals surface area contributed by atoms with Gasteiger partial charge in [-0.3, -0.25) is 4.79 Å². The van der Waals surface area contributed by atoms with Gasteiger partial charge in [-0.05, 0) is 59.0 Å². The second kappa shape index (κ2) is 6.95. The van der Waals surface area contributed by atoms with Gasteiger partial charge in [-0.15, -0.1) is 11.3 Å². The van der Waals surface area contributed by atoms with E-state index in [0.29, 0.717) is 10.1 Å². The summed E-state index contributed by atoms with van der Waals surface area (Å²) in [6.45, 7) is -0.390. The Balaban J connectivity index is 1.94. The van der Waals surface area contributed by atoms with E-state index in [4.69, 9.17) is 16.3 Å². The van der Waals surface area contributed by atoms with Crippen molar-refractivity contribution in [1.29, 1.82) is 0 Å². The molecule has 0 aliphatic heterocycles. The number of nitrogens with one attached hydrogen (secondary N) is 1. The number of sulfonamides is 1. The molecule has 0 atom stereocenters. The molecule has 0 unspecified atom stereocenters. The fourth-order valence-corrected chi connectivity index (χ4v) is 4.16. The van der Waals surface area contributed by atoms with Crippen molar-refractivity contribution in [2.75, 3.05) is 6.61 Å². The van der Waals surface area contributed by atoms with Crippen LogP contribution in [-0.4, -0.2) is 20.9 Å². The van der Waals surface area contributed by atoms with Crippen molar-refractivity contribution in [3.8, 4) is 5.75 Å². The molecular formula is C12H9ClINO4S2. The molecular weight excluding hydrogens is 449 g/mol. The Hall–Kier alpha value is -0.840. The number of carbonyl (C=O) groups excluding carboxylic acids is 1. The molecule has 5 nitrogen and oxygen atoms in total. The maximum Gasteiger partial charge on any atom is 0.273 e. The first kappa shape index (κ1) is 16.5. The summed E-state index contributed by atoms with van der Waals surface area (Å²) in [6.07, 6.45) is 0. The van der Waals surface area contributed by atoms with Gasteiger partial charge in [0.15, 0.2) is 6.61 Å². The van der Waals surface area contributed by atoms with Gasteiger partial charge in [-0.25, -0.2) is 13.1 Å². The standard InChI is InChI=1S/C12H9ClINO4S2/c13-10-5-6-12(20-10)21(17,18)15-11(16)7-19-9-3-1-8(14)2-4-9/h1-6H,7H2,(H,15,16). The van der Waals surface area contributed by atoms with E-state index in [1.54, 1.807) is 12.1 Å². The normalized spacial score (nSPS) is 11.1. The second-order valence-corrected chi connectivity index (χ2v) is 8.70. The Morgan fingerprint density at radius 3 is 2.48 bits per heavy atom. The van der Waals surface area contributed by atoms with Crippen molar-refractivity contribution in [1.82, 2.24) is 4.72 Å². The molecule has 9 heteroatoms. The zero-order chi connectivity index (χ0) is 15.5. The van der Waals surface area contributed by atoms with Crippen LogP contribution >= 0.6 is 45.5 Å². The fourth-order valence-electron chi connectivity index (χ4n) is 1.35. The van der Waals surface area contributed by atoms with Crippen molar-refractivity contribution in [3.63, 3.8) is 0 Å². The van der Waals surface area contributed by atoms with E-state index in [1.165, 1.54) is 12.1 Å². The molecule has 2 aromatic rings. The lowest BCUT2D eigenvalue weighted by molar-refractivity contribution is -0.121. The van der Waals surface area contributed by atoms with Crippen molar-refractivity contribution < 1.29 is 17.9 Å². The average molecular weight is 458 g/mol. The van der Waals surface area contributed by atoms with E-state index < -0.39 is 15.9 Å². The minimum absolute atomic E-state index is 0.0184. The zero-order valence-electron chi connectivity index (χ0n) is 10.4. The maximum absolute atomic E-state index is 11.9. The molecule has 2 rings (SSSR count). The molecule has 1 N–H and O–H groups in total. The lowest BCUT2D eigenvalue weighted by atomic mass is 10.3. The van der Waals surface area contributed by atoms with Crippen molar-refractivity contribution in [2.45, 2.75) is 4.21 Å². The minimum atomic E-state index is -3.90. The molecule has 1 heterocycles. The average Bonchev–Trinajstić information content (AvgIpc) is 2.85. The molecule has 0 bridgehead atoms. The second-order valence-electron chi connectivity index (χ2n) is 3.83. The summed E-state index contributed by atoms with van der Waals surface area (Å²) in [5.74, 6) is -0.264. The van der Waals surface area contributed by atoms with Crippen LogP contribution in [0.25, 0.3) is 0 Å². The van der Waals surface area contributed by atoms with Gasteiger partial charge in [0.1, 0.15) is 9.96 Å². The summed E-state index contributed by atoms with van der Waals surface area (Å²) in [4.78, 5) is 11.6. The number of amides is 1. The van der Waals surface area contributed by atoms with Gasteiger partial charge >= 0.3 is 0 Å².